The monoisotopic (exact) mass is 553 g/mol. The number of guanidine groups is 1. The van der Waals surface area contributed by atoms with Gasteiger partial charge in [-0.1, -0.05) is 29.4 Å². The predicted molar refractivity (Wildman–Crippen MR) is 121 cm³/mol. The zero-order valence-corrected chi connectivity index (χ0v) is 19.6. The van der Waals surface area contributed by atoms with E-state index in [4.69, 9.17) is 4.52 Å². The van der Waals surface area contributed by atoms with Gasteiger partial charge in [-0.2, -0.15) is 13.2 Å². The molecule has 0 aliphatic carbocycles. The summed E-state index contributed by atoms with van der Waals surface area (Å²) in [7, 11) is 1.76. The van der Waals surface area contributed by atoms with Crippen LogP contribution in [0.25, 0.3) is 0 Å². The van der Waals surface area contributed by atoms with Gasteiger partial charge in [0.25, 0.3) is 0 Å². The van der Waals surface area contributed by atoms with Crippen molar-refractivity contribution in [2.24, 2.45) is 4.99 Å². The van der Waals surface area contributed by atoms with E-state index >= 15 is 0 Å². The molecule has 1 aromatic heterocycles. The molecule has 0 unspecified atom stereocenters. The number of halogens is 4. The summed E-state index contributed by atoms with van der Waals surface area (Å²) in [6.45, 7) is 3.57. The minimum Gasteiger partial charge on any atom is -0.367 e. The number of alkyl halides is 3. The second kappa shape index (κ2) is 12.2. The standard InChI is InChI=1S/C20H26F3N5O2.HI/c1-24-19(28-9-7-27(8-10-28)13-18-6-11-30-26-18)25-12-16-2-4-17(5-3-16)14-29-15-20(21,22)23;/h2-6,11H,7-10,12-15H2,1H3,(H,24,25);1H. The Labute approximate surface area is 196 Å². The highest BCUT2D eigenvalue weighted by Gasteiger charge is 2.27. The van der Waals surface area contributed by atoms with Crippen LogP contribution in [-0.4, -0.2) is 66.9 Å². The number of benzene rings is 1. The Morgan fingerprint density at radius 1 is 1.13 bits per heavy atom. The SMILES string of the molecule is CN=C(NCc1ccc(COCC(F)(F)F)cc1)N1CCN(Cc2ccon2)CC1.I. The van der Waals surface area contributed by atoms with Crippen molar-refractivity contribution < 1.29 is 22.4 Å². The van der Waals surface area contributed by atoms with Gasteiger partial charge in [-0.3, -0.25) is 9.89 Å². The van der Waals surface area contributed by atoms with E-state index in [1.807, 2.05) is 18.2 Å². The molecular weight excluding hydrogens is 526 g/mol. The lowest BCUT2D eigenvalue weighted by Crippen LogP contribution is -2.52. The molecule has 0 saturated carbocycles. The second-order valence-corrected chi connectivity index (χ2v) is 7.08. The first-order valence-electron chi connectivity index (χ1n) is 9.72. The van der Waals surface area contributed by atoms with Crippen molar-refractivity contribution in [3.8, 4) is 0 Å². The average molecular weight is 553 g/mol. The van der Waals surface area contributed by atoms with E-state index in [2.05, 4.69) is 30.0 Å². The predicted octanol–water partition coefficient (Wildman–Crippen LogP) is 3.26. The van der Waals surface area contributed by atoms with E-state index in [1.54, 1.807) is 25.4 Å². The minimum atomic E-state index is -4.30. The highest BCUT2D eigenvalue weighted by atomic mass is 127. The van der Waals surface area contributed by atoms with Crippen LogP contribution in [0.3, 0.4) is 0 Å². The molecule has 0 amide bonds. The Balaban J connectivity index is 0.00000341. The third-order valence-corrected chi connectivity index (χ3v) is 4.77. The number of piperazine rings is 1. The number of ether oxygens (including phenoxy) is 1. The Morgan fingerprint density at radius 2 is 1.81 bits per heavy atom. The summed E-state index contributed by atoms with van der Waals surface area (Å²) in [4.78, 5) is 8.90. The van der Waals surface area contributed by atoms with E-state index in [0.717, 1.165) is 49.9 Å². The van der Waals surface area contributed by atoms with Crippen molar-refractivity contribution in [3.05, 3.63) is 53.4 Å². The van der Waals surface area contributed by atoms with Crippen LogP contribution < -0.4 is 5.32 Å². The van der Waals surface area contributed by atoms with Gasteiger partial charge in [0.15, 0.2) is 5.96 Å². The maximum Gasteiger partial charge on any atom is 0.411 e. The number of hydrogen-bond acceptors (Lipinski definition) is 5. The molecule has 0 atom stereocenters. The molecule has 7 nitrogen and oxygen atoms in total. The van der Waals surface area contributed by atoms with Gasteiger partial charge >= 0.3 is 6.18 Å². The summed E-state index contributed by atoms with van der Waals surface area (Å²) in [5, 5.41) is 7.30. The molecule has 0 bridgehead atoms. The van der Waals surface area contributed by atoms with Crippen molar-refractivity contribution in [2.75, 3.05) is 39.8 Å². The van der Waals surface area contributed by atoms with Crippen LogP contribution in [-0.2, 0) is 24.4 Å². The van der Waals surface area contributed by atoms with Gasteiger partial charge in [0.1, 0.15) is 12.9 Å². The van der Waals surface area contributed by atoms with Gasteiger partial charge in [0.05, 0.1) is 12.3 Å². The summed E-state index contributed by atoms with van der Waals surface area (Å²) in [5.74, 6) is 0.827. The van der Waals surface area contributed by atoms with Crippen LogP contribution in [0.1, 0.15) is 16.8 Å². The molecule has 1 aliphatic rings. The van der Waals surface area contributed by atoms with Crippen molar-refractivity contribution in [3.63, 3.8) is 0 Å². The highest BCUT2D eigenvalue weighted by molar-refractivity contribution is 14.0. The number of hydrogen-bond donors (Lipinski definition) is 1. The van der Waals surface area contributed by atoms with E-state index in [9.17, 15) is 13.2 Å². The number of rotatable bonds is 7. The molecule has 1 aromatic carbocycles. The van der Waals surface area contributed by atoms with Crippen LogP contribution >= 0.6 is 24.0 Å². The summed E-state index contributed by atoms with van der Waals surface area (Å²) in [6, 6.07) is 9.18. The molecule has 2 aromatic rings. The maximum atomic E-state index is 12.1. The first-order chi connectivity index (χ1) is 14.4. The van der Waals surface area contributed by atoms with Gasteiger partial charge < -0.3 is 19.5 Å². The lowest BCUT2D eigenvalue weighted by molar-refractivity contribution is -0.176. The zero-order chi connectivity index (χ0) is 21.4. The second-order valence-electron chi connectivity index (χ2n) is 7.08. The minimum absolute atomic E-state index is 0. The van der Waals surface area contributed by atoms with Crippen LogP contribution in [0.5, 0.6) is 0 Å². The Hall–Kier alpha value is -1.86. The molecule has 1 fully saturated rings. The largest absolute Gasteiger partial charge is 0.411 e. The molecule has 1 saturated heterocycles. The highest BCUT2D eigenvalue weighted by Crippen LogP contribution is 2.16. The Kier molecular flexibility index (Phi) is 10.0. The van der Waals surface area contributed by atoms with Gasteiger partial charge in [-0.25, -0.2) is 0 Å². The number of aromatic nitrogens is 1. The lowest BCUT2D eigenvalue weighted by Gasteiger charge is -2.36. The smallest absolute Gasteiger partial charge is 0.367 e. The number of aliphatic imine (C=N–C) groups is 1. The van der Waals surface area contributed by atoms with Crippen molar-refractivity contribution in [2.45, 2.75) is 25.9 Å². The van der Waals surface area contributed by atoms with Crippen molar-refractivity contribution in [1.29, 1.82) is 0 Å². The lowest BCUT2D eigenvalue weighted by atomic mass is 10.1. The van der Waals surface area contributed by atoms with Crippen molar-refractivity contribution in [1.82, 2.24) is 20.3 Å². The van der Waals surface area contributed by atoms with Crippen molar-refractivity contribution >= 4 is 29.9 Å². The first kappa shape index (κ1) is 25.4. The molecule has 11 heteroatoms. The fourth-order valence-corrected chi connectivity index (χ4v) is 3.22. The molecule has 0 radical (unpaired) electrons. The summed E-state index contributed by atoms with van der Waals surface area (Å²) in [5.41, 5.74) is 2.65. The molecule has 0 spiro atoms. The quantitative estimate of drug-likeness (QED) is 0.323. The fourth-order valence-electron chi connectivity index (χ4n) is 3.22. The molecule has 31 heavy (non-hydrogen) atoms. The topological polar surface area (TPSA) is 66.1 Å². The summed E-state index contributed by atoms with van der Waals surface area (Å²) < 4.78 is 46.0. The van der Waals surface area contributed by atoms with Crippen LogP contribution in [0.15, 0.2) is 46.1 Å². The third-order valence-electron chi connectivity index (χ3n) is 4.77. The maximum absolute atomic E-state index is 12.1. The van der Waals surface area contributed by atoms with Gasteiger partial charge in [-0.05, 0) is 11.1 Å². The molecular formula is C20H27F3IN5O2. The zero-order valence-electron chi connectivity index (χ0n) is 17.3. The normalized spacial score (nSPS) is 15.6. The summed E-state index contributed by atoms with van der Waals surface area (Å²) in [6.07, 6.45) is -2.72. The van der Waals surface area contributed by atoms with E-state index < -0.39 is 12.8 Å². The van der Waals surface area contributed by atoms with E-state index in [1.165, 1.54) is 0 Å². The fraction of sp³-hybridized carbons (Fsp3) is 0.500. The van der Waals surface area contributed by atoms with Gasteiger partial charge in [0.2, 0.25) is 0 Å². The molecule has 1 N–H and O–H groups in total. The number of nitrogens with one attached hydrogen (secondary N) is 1. The molecule has 2 heterocycles. The summed E-state index contributed by atoms with van der Waals surface area (Å²) >= 11 is 0. The average Bonchev–Trinajstić information content (AvgIpc) is 3.23. The van der Waals surface area contributed by atoms with Crippen LogP contribution in [0, 0.1) is 0 Å². The van der Waals surface area contributed by atoms with Gasteiger partial charge in [-0.15, -0.1) is 24.0 Å². The van der Waals surface area contributed by atoms with E-state index in [-0.39, 0.29) is 30.6 Å². The van der Waals surface area contributed by atoms with Gasteiger partial charge in [0, 0.05) is 52.4 Å². The Bertz CT molecular complexity index is 792. The van der Waals surface area contributed by atoms with Crippen LogP contribution in [0.2, 0.25) is 0 Å². The molecule has 3 rings (SSSR count). The molecule has 172 valence electrons. The Morgan fingerprint density at radius 3 is 2.39 bits per heavy atom. The first-order valence-corrected chi connectivity index (χ1v) is 9.72. The third kappa shape index (κ3) is 8.65. The molecule has 1 aliphatic heterocycles. The van der Waals surface area contributed by atoms with E-state index in [0.29, 0.717) is 12.1 Å². The number of nitrogens with zero attached hydrogens (tertiary/aromatic N) is 4. The van der Waals surface area contributed by atoms with Crippen LogP contribution in [0.4, 0.5) is 13.2 Å².